The Labute approximate surface area is 128 Å². The molecule has 1 aliphatic heterocycles. The summed E-state index contributed by atoms with van der Waals surface area (Å²) in [6.45, 7) is 12.0. The SMILES string of the molecule is CCCNC(C)c1cc(F)ccc1N1CC(C)CC(C)C1. The molecule has 0 aliphatic carbocycles. The Hall–Kier alpha value is -1.09. The highest BCUT2D eigenvalue weighted by Crippen LogP contribution is 2.32. The molecule has 3 heteroatoms. The van der Waals surface area contributed by atoms with Crippen molar-refractivity contribution in [3.63, 3.8) is 0 Å². The van der Waals surface area contributed by atoms with Crippen molar-refractivity contribution < 1.29 is 4.39 Å². The minimum absolute atomic E-state index is 0.142. The summed E-state index contributed by atoms with van der Waals surface area (Å²) in [7, 11) is 0. The summed E-state index contributed by atoms with van der Waals surface area (Å²) in [5, 5.41) is 3.48. The van der Waals surface area contributed by atoms with Crippen LogP contribution >= 0.6 is 0 Å². The Balaban J connectivity index is 2.25. The van der Waals surface area contributed by atoms with Gasteiger partial charge in [-0.25, -0.2) is 4.39 Å². The minimum Gasteiger partial charge on any atom is -0.371 e. The lowest BCUT2D eigenvalue weighted by molar-refractivity contribution is 0.356. The average molecular weight is 292 g/mol. The second kappa shape index (κ2) is 7.26. The zero-order valence-electron chi connectivity index (χ0n) is 13.8. The maximum absolute atomic E-state index is 13.7. The first-order valence-corrected chi connectivity index (χ1v) is 8.29. The van der Waals surface area contributed by atoms with Crippen molar-refractivity contribution >= 4 is 5.69 Å². The maximum atomic E-state index is 13.7. The van der Waals surface area contributed by atoms with E-state index in [1.807, 2.05) is 6.07 Å². The van der Waals surface area contributed by atoms with Crippen LogP contribution in [0, 0.1) is 17.7 Å². The van der Waals surface area contributed by atoms with Gasteiger partial charge >= 0.3 is 0 Å². The van der Waals surface area contributed by atoms with E-state index in [4.69, 9.17) is 0 Å². The van der Waals surface area contributed by atoms with Gasteiger partial charge in [-0.2, -0.15) is 0 Å². The fourth-order valence-corrected chi connectivity index (χ4v) is 3.49. The van der Waals surface area contributed by atoms with E-state index in [-0.39, 0.29) is 11.9 Å². The Kier molecular flexibility index (Phi) is 5.63. The first-order chi connectivity index (χ1) is 10.0. The summed E-state index contributed by atoms with van der Waals surface area (Å²) in [5.41, 5.74) is 2.29. The molecule has 21 heavy (non-hydrogen) atoms. The van der Waals surface area contributed by atoms with Crippen molar-refractivity contribution in [2.45, 2.75) is 46.6 Å². The molecule has 3 unspecified atom stereocenters. The van der Waals surface area contributed by atoms with Gasteiger partial charge < -0.3 is 10.2 Å². The van der Waals surface area contributed by atoms with Gasteiger partial charge in [0.05, 0.1) is 0 Å². The summed E-state index contributed by atoms with van der Waals surface area (Å²) in [4.78, 5) is 2.44. The molecule has 1 aromatic rings. The van der Waals surface area contributed by atoms with Gasteiger partial charge in [-0.05, 0) is 61.9 Å². The second-order valence-electron chi connectivity index (χ2n) is 6.73. The van der Waals surface area contributed by atoms with Crippen LogP contribution in [0.3, 0.4) is 0 Å². The first-order valence-electron chi connectivity index (χ1n) is 8.29. The second-order valence-corrected chi connectivity index (χ2v) is 6.73. The Morgan fingerprint density at radius 1 is 1.29 bits per heavy atom. The molecule has 3 atom stereocenters. The van der Waals surface area contributed by atoms with E-state index in [9.17, 15) is 4.39 Å². The molecule has 1 fully saturated rings. The Morgan fingerprint density at radius 3 is 2.57 bits per heavy atom. The topological polar surface area (TPSA) is 15.3 Å². The van der Waals surface area contributed by atoms with Gasteiger partial charge in [0.2, 0.25) is 0 Å². The van der Waals surface area contributed by atoms with E-state index < -0.39 is 0 Å². The lowest BCUT2D eigenvalue weighted by atomic mass is 9.90. The molecular formula is C18H29FN2. The normalized spacial score (nSPS) is 24.1. The average Bonchev–Trinajstić information content (AvgIpc) is 2.43. The number of nitrogens with one attached hydrogen (secondary N) is 1. The number of hydrogen-bond donors (Lipinski definition) is 1. The number of rotatable bonds is 5. The summed E-state index contributed by atoms with van der Waals surface area (Å²) >= 11 is 0. The maximum Gasteiger partial charge on any atom is 0.123 e. The number of benzene rings is 1. The minimum atomic E-state index is -0.142. The molecule has 0 aromatic heterocycles. The van der Waals surface area contributed by atoms with Gasteiger partial charge in [0.15, 0.2) is 0 Å². The lowest BCUT2D eigenvalue weighted by Gasteiger charge is -2.38. The van der Waals surface area contributed by atoms with E-state index in [0.29, 0.717) is 11.8 Å². The van der Waals surface area contributed by atoms with Gasteiger partial charge in [-0.1, -0.05) is 20.8 Å². The molecule has 1 heterocycles. The standard InChI is InChI=1S/C18H29FN2/c1-5-8-20-15(4)17-10-16(19)6-7-18(17)21-11-13(2)9-14(3)12-21/h6-7,10,13-15,20H,5,8-9,11-12H2,1-4H3. The molecule has 1 aliphatic rings. The molecular weight excluding hydrogens is 263 g/mol. The smallest absolute Gasteiger partial charge is 0.123 e. The molecule has 1 N–H and O–H groups in total. The Bertz CT molecular complexity index is 451. The number of anilines is 1. The summed E-state index contributed by atoms with van der Waals surface area (Å²) in [6, 6.07) is 5.43. The number of halogens is 1. The molecule has 0 spiro atoms. The molecule has 0 radical (unpaired) electrons. The highest BCUT2D eigenvalue weighted by atomic mass is 19.1. The van der Waals surface area contributed by atoms with Gasteiger partial charge in [0.25, 0.3) is 0 Å². The highest BCUT2D eigenvalue weighted by molar-refractivity contribution is 5.55. The van der Waals surface area contributed by atoms with Crippen molar-refractivity contribution in [1.29, 1.82) is 0 Å². The number of piperidine rings is 1. The van der Waals surface area contributed by atoms with Crippen LogP contribution in [0.15, 0.2) is 18.2 Å². The number of hydrogen-bond acceptors (Lipinski definition) is 2. The monoisotopic (exact) mass is 292 g/mol. The molecule has 0 bridgehead atoms. The van der Waals surface area contributed by atoms with Crippen LogP contribution in [0.1, 0.15) is 52.1 Å². The fourth-order valence-electron chi connectivity index (χ4n) is 3.49. The fraction of sp³-hybridized carbons (Fsp3) is 0.667. The third kappa shape index (κ3) is 4.19. The highest BCUT2D eigenvalue weighted by Gasteiger charge is 2.24. The van der Waals surface area contributed by atoms with Gasteiger partial charge in [0.1, 0.15) is 5.82 Å². The lowest BCUT2D eigenvalue weighted by Crippen LogP contribution is -2.39. The predicted octanol–water partition coefficient (Wildman–Crippen LogP) is 4.37. The van der Waals surface area contributed by atoms with E-state index in [0.717, 1.165) is 31.6 Å². The van der Waals surface area contributed by atoms with Crippen molar-refractivity contribution in [1.82, 2.24) is 5.32 Å². The quantitative estimate of drug-likeness (QED) is 0.867. The predicted molar refractivity (Wildman–Crippen MR) is 88.3 cm³/mol. The van der Waals surface area contributed by atoms with Crippen LogP contribution in [0.5, 0.6) is 0 Å². The Morgan fingerprint density at radius 2 is 1.95 bits per heavy atom. The molecule has 1 saturated heterocycles. The van der Waals surface area contributed by atoms with Gasteiger partial charge in [-0.3, -0.25) is 0 Å². The van der Waals surface area contributed by atoms with E-state index in [2.05, 4.69) is 37.9 Å². The first kappa shape index (κ1) is 16.3. The van der Waals surface area contributed by atoms with Crippen molar-refractivity contribution in [2.24, 2.45) is 11.8 Å². The zero-order valence-corrected chi connectivity index (χ0v) is 13.8. The van der Waals surface area contributed by atoms with E-state index in [1.54, 1.807) is 12.1 Å². The largest absolute Gasteiger partial charge is 0.371 e. The van der Waals surface area contributed by atoms with Crippen molar-refractivity contribution in [2.75, 3.05) is 24.5 Å². The molecule has 0 amide bonds. The van der Waals surface area contributed by atoms with Crippen molar-refractivity contribution in [3.8, 4) is 0 Å². The third-order valence-corrected chi connectivity index (χ3v) is 4.37. The van der Waals surface area contributed by atoms with Gasteiger partial charge in [-0.15, -0.1) is 0 Å². The molecule has 0 saturated carbocycles. The van der Waals surface area contributed by atoms with Crippen LogP contribution < -0.4 is 10.2 Å². The van der Waals surface area contributed by atoms with Crippen LogP contribution in [0.2, 0.25) is 0 Å². The van der Waals surface area contributed by atoms with Gasteiger partial charge in [0, 0.05) is 24.8 Å². The molecule has 1 aromatic carbocycles. The molecule has 2 rings (SSSR count). The van der Waals surface area contributed by atoms with Crippen LogP contribution in [-0.4, -0.2) is 19.6 Å². The summed E-state index contributed by atoms with van der Waals surface area (Å²) in [6.07, 6.45) is 2.38. The summed E-state index contributed by atoms with van der Waals surface area (Å²) < 4.78 is 13.7. The molecule has 118 valence electrons. The molecule has 2 nitrogen and oxygen atoms in total. The summed E-state index contributed by atoms with van der Waals surface area (Å²) in [5.74, 6) is 1.26. The number of nitrogens with zero attached hydrogens (tertiary/aromatic N) is 1. The van der Waals surface area contributed by atoms with E-state index >= 15 is 0 Å². The zero-order chi connectivity index (χ0) is 15.4. The van der Waals surface area contributed by atoms with Crippen LogP contribution in [0.25, 0.3) is 0 Å². The van der Waals surface area contributed by atoms with Crippen LogP contribution in [0.4, 0.5) is 10.1 Å². The van der Waals surface area contributed by atoms with Crippen LogP contribution in [-0.2, 0) is 0 Å². The third-order valence-electron chi connectivity index (χ3n) is 4.37. The van der Waals surface area contributed by atoms with Crippen molar-refractivity contribution in [3.05, 3.63) is 29.6 Å². The van der Waals surface area contributed by atoms with E-state index in [1.165, 1.54) is 12.1 Å².